The lowest BCUT2D eigenvalue weighted by atomic mass is 10.2. The zero-order valence-electron chi connectivity index (χ0n) is 16.3. The van der Waals surface area contributed by atoms with E-state index in [2.05, 4.69) is 32.0 Å². The van der Waals surface area contributed by atoms with Crippen LogP contribution in [0.3, 0.4) is 0 Å². The molecule has 0 radical (unpaired) electrons. The van der Waals surface area contributed by atoms with Gasteiger partial charge in [0.2, 0.25) is 0 Å². The number of hydrogen-bond acceptors (Lipinski definition) is 5. The molecule has 0 spiro atoms. The summed E-state index contributed by atoms with van der Waals surface area (Å²) in [7, 11) is 0. The van der Waals surface area contributed by atoms with Crippen molar-refractivity contribution >= 4 is 10.9 Å². The number of fused-ring (bicyclic) bond motifs is 1. The Labute approximate surface area is 171 Å². The minimum atomic E-state index is 0.506. The fourth-order valence-electron chi connectivity index (χ4n) is 3.21. The Kier molecular flexibility index (Phi) is 6.53. The van der Waals surface area contributed by atoms with Crippen LogP contribution in [0, 0.1) is 0 Å². The topological polar surface area (TPSA) is 51.1 Å². The van der Waals surface area contributed by atoms with Crippen LogP contribution in [0.2, 0.25) is 0 Å². The molecule has 0 N–H and O–H groups in total. The summed E-state index contributed by atoms with van der Waals surface area (Å²) < 4.78 is 5.93. The monoisotopic (exact) mass is 384 g/mol. The molecular weight excluding hydrogens is 360 g/mol. The number of hydrogen-bond donors (Lipinski definition) is 0. The highest BCUT2D eigenvalue weighted by molar-refractivity contribution is 5.78. The first-order valence-electron chi connectivity index (χ1n) is 9.81. The van der Waals surface area contributed by atoms with Gasteiger partial charge in [0.15, 0.2) is 0 Å². The average molecular weight is 384 g/mol. The van der Waals surface area contributed by atoms with Gasteiger partial charge in [0.05, 0.1) is 35.8 Å². The second kappa shape index (κ2) is 9.87. The maximum absolute atomic E-state index is 5.93. The van der Waals surface area contributed by atoms with E-state index in [-0.39, 0.29) is 0 Å². The van der Waals surface area contributed by atoms with Gasteiger partial charge in [0, 0.05) is 37.4 Å². The summed E-state index contributed by atoms with van der Waals surface area (Å²) in [6.07, 6.45) is 3.66. The Morgan fingerprint density at radius 1 is 0.690 bits per heavy atom. The first-order chi connectivity index (χ1) is 14.4. The highest BCUT2D eigenvalue weighted by Gasteiger charge is 2.09. The van der Waals surface area contributed by atoms with E-state index in [4.69, 9.17) is 4.74 Å². The quantitative estimate of drug-likeness (QED) is 0.404. The molecule has 29 heavy (non-hydrogen) atoms. The van der Waals surface area contributed by atoms with Crippen LogP contribution < -0.4 is 0 Å². The summed E-state index contributed by atoms with van der Waals surface area (Å²) in [4.78, 5) is 15.9. The third-order valence-corrected chi connectivity index (χ3v) is 4.68. The molecule has 3 aromatic heterocycles. The Hall–Kier alpha value is -3.15. The van der Waals surface area contributed by atoms with Gasteiger partial charge in [0.25, 0.3) is 0 Å². The van der Waals surface area contributed by atoms with Crippen molar-refractivity contribution in [3.63, 3.8) is 0 Å². The van der Waals surface area contributed by atoms with Crippen molar-refractivity contribution in [2.45, 2.75) is 19.7 Å². The van der Waals surface area contributed by atoms with Crippen molar-refractivity contribution in [3.8, 4) is 0 Å². The fourth-order valence-corrected chi connectivity index (χ4v) is 3.21. The summed E-state index contributed by atoms with van der Waals surface area (Å²) >= 11 is 0. The molecule has 0 bridgehead atoms. The third-order valence-electron chi connectivity index (χ3n) is 4.68. The molecule has 0 fully saturated rings. The predicted octanol–water partition coefficient (Wildman–Crippen LogP) is 4.24. The van der Waals surface area contributed by atoms with Gasteiger partial charge in [-0.3, -0.25) is 19.9 Å². The smallest absolute Gasteiger partial charge is 0.0888 e. The van der Waals surface area contributed by atoms with Gasteiger partial charge in [-0.25, -0.2) is 0 Å². The van der Waals surface area contributed by atoms with Crippen LogP contribution >= 0.6 is 0 Å². The van der Waals surface area contributed by atoms with E-state index >= 15 is 0 Å². The highest BCUT2D eigenvalue weighted by atomic mass is 16.5. The van der Waals surface area contributed by atoms with E-state index in [0.717, 1.165) is 47.6 Å². The number of aromatic nitrogens is 3. The zero-order chi connectivity index (χ0) is 19.7. The van der Waals surface area contributed by atoms with E-state index in [1.54, 1.807) is 0 Å². The van der Waals surface area contributed by atoms with Gasteiger partial charge in [-0.1, -0.05) is 36.4 Å². The maximum Gasteiger partial charge on any atom is 0.0888 e. The Balaban J connectivity index is 1.34. The van der Waals surface area contributed by atoms with Gasteiger partial charge in [-0.15, -0.1) is 0 Å². The number of nitrogens with zero attached hydrogens (tertiary/aromatic N) is 4. The second-order valence-corrected chi connectivity index (χ2v) is 6.90. The molecule has 4 rings (SSSR count). The van der Waals surface area contributed by atoms with Gasteiger partial charge < -0.3 is 4.74 Å². The van der Waals surface area contributed by atoms with Crippen LogP contribution in [0.4, 0.5) is 0 Å². The van der Waals surface area contributed by atoms with E-state index in [0.29, 0.717) is 13.2 Å². The molecule has 0 unspecified atom stereocenters. The number of ether oxygens (including phenoxy) is 1. The first kappa shape index (κ1) is 19.2. The standard InChI is InChI=1S/C24H24N4O/c1-2-10-24-20(7-1)11-12-23(27-24)19-29-16-15-28(17-21-8-3-5-13-25-21)18-22-9-4-6-14-26-22/h1-14H,15-19H2. The molecule has 0 atom stereocenters. The van der Waals surface area contributed by atoms with Crippen LogP contribution in [-0.2, 0) is 24.4 Å². The van der Waals surface area contributed by atoms with Crippen LogP contribution in [0.25, 0.3) is 10.9 Å². The number of para-hydroxylation sites is 1. The van der Waals surface area contributed by atoms with Gasteiger partial charge in [0.1, 0.15) is 0 Å². The SMILES string of the molecule is c1ccc(CN(CCOCc2ccc3ccccc3n2)Cc2ccccn2)nc1. The summed E-state index contributed by atoms with van der Waals surface area (Å²) in [5, 5.41) is 1.15. The molecule has 0 amide bonds. The Morgan fingerprint density at radius 2 is 1.38 bits per heavy atom. The van der Waals surface area contributed by atoms with Gasteiger partial charge in [-0.2, -0.15) is 0 Å². The Morgan fingerprint density at radius 3 is 2.07 bits per heavy atom. The average Bonchev–Trinajstić information content (AvgIpc) is 2.78. The molecule has 0 saturated carbocycles. The lowest BCUT2D eigenvalue weighted by Gasteiger charge is -2.21. The minimum absolute atomic E-state index is 0.506. The van der Waals surface area contributed by atoms with Gasteiger partial charge in [-0.05, 0) is 36.4 Å². The molecule has 146 valence electrons. The molecular formula is C24H24N4O. The zero-order valence-corrected chi connectivity index (χ0v) is 16.3. The molecule has 4 aromatic rings. The molecule has 5 nitrogen and oxygen atoms in total. The predicted molar refractivity (Wildman–Crippen MR) is 114 cm³/mol. The van der Waals surface area contributed by atoms with Crippen LogP contribution in [0.5, 0.6) is 0 Å². The Bertz CT molecular complexity index is 983. The molecule has 5 heteroatoms. The summed E-state index contributed by atoms with van der Waals surface area (Å²) in [6.45, 7) is 3.44. The molecule has 0 saturated heterocycles. The first-order valence-corrected chi connectivity index (χ1v) is 9.81. The lowest BCUT2D eigenvalue weighted by Crippen LogP contribution is -2.27. The molecule has 3 heterocycles. The van der Waals surface area contributed by atoms with Gasteiger partial charge >= 0.3 is 0 Å². The van der Waals surface area contributed by atoms with Crippen molar-refractivity contribution in [2.75, 3.05) is 13.2 Å². The summed E-state index contributed by atoms with van der Waals surface area (Å²) in [6, 6.07) is 24.3. The molecule has 0 aliphatic carbocycles. The normalized spacial score (nSPS) is 11.2. The number of benzene rings is 1. The maximum atomic E-state index is 5.93. The molecule has 1 aromatic carbocycles. The number of rotatable bonds is 9. The van der Waals surface area contributed by atoms with Crippen molar-refractivity contribution in [2.24, 2.45) is 0 Å². The second-order valence-electron chi connectivity index (χ2n) is 6.90. The van der Waals surface area contributed by atoms with Crippen molar-refractivity contribution in [3.05, 3.63) is 102 Å². The highest BCUT2D eigenvalue weighted by Crippen LogP contribution is 2.12. The third kappa shape index (κ3) is 5.67. The van der Waals surface area contributed by atoms with E-state index in [9.17, 15) is 0 Å². The lowest BCUT2D eigenvalue weighted by molar-refractivity contribution is 0.0853. The van der Waals surface area contributed by atoms with Crippen molar-refractivity contribution < 1.29 is 4.74 Å². The number of pyridine rings is 3. The minimum Gasteiger partial charge on any atom is -0.374 e. The summed E-state index contributed by atoms with van der Waals surface area (Å²) in [5.74, 6) is 0. The largest absolute Gasteiger partial charge is 0.374 e. The molecule has 0 aliphatic heterocycles. The van der Waals surface area contributed by atoms with E-state index < -0.39 is 0 Å². The van der Waals surface area contributed by atoms with Crippen LogP contribution in [0.1, 0.15) is 17.1 Å². The van der Waals surface area contributed by atoms with E-state index in [1.807, 2.05) is 73.1 Å². The van der Waals surface area contributed by atoms with Crippen LogP contribution in [-0.4, -0.2) is 33.0 Å². The van der Waals surface area contributed by atoms with Crippen LogP contribution in [0.15, 0.2) is 85.2 Å². The van der Waals surface area contributed by atoms with Crippen molar-refractivity contribution in [1.29, 1.82) is 0 Å². The van der Waals surface area contributed by atoms with E-state index in [1.165, 1.54) is 0 Å². The summed E-state index contributed by atoms with van der Waals surface area (Å²) in [5.41, 5.74) is 4.03. The van der Waals surface area contributed by atoms with Crippen molar-refractivity contribution in [1.82, 2.24) is 19.9 Å². The fraction of sp³-hybridized carbons (Fsp3) is 0.208. The molecule has 0 aliphatic rings.